The second-order valence-corrected chi connectivity index (χ2v) is 9.10. The zero-order chi connectivity index (χ0) is 24.0. The summed E-state index contributed by atoms with van der Waals surface area (Å²) in [5.74, 6) is -0.346. The predicted molar refractivity (Wildman–Crippen MR) is 137 cm³/mol. The first kappa shape index (κ1) is 22.1. The molecule has 2 aromatic carbocycles. The molecule has 6 nitrogen and oxygen atoms in total. The number of pyridine rings is 2. The molecule has 0 aliphatic carbocycles. The number of aryl methyl sites for hydroxylation is 1. The number of hydrogen-bond acceptors (Lipinski definition) is 4. The van der Waals surface area contributed by atoms with Gasteiger partial charge in [0.25, 0.3) is 5.56 Å². The first-order valence-corrected chi connectivity index (χ1v) is 11.4. The number of anilines is 1. The topological polar surface area (TPSA) is 45.8 Å². The van der Waals surface area contributed by atoms with Crippen LogP contribution in [-0.2, 0) is 0 Å². The highest BCUT2D eigenvalue weighted by Gasteiger charge is 2.18. The lowest BCUT2D eigenvalue weighted by atomic mass is 10.1. The van der Waals surface area contributed by atoms with Crippen LogP contribution in [0, 0.1) is 12.7 Å². The molecule has 0 aliphatic rings. The molecule has 0 saturated heterocycles. The Bertz CT molecular complexity index is 1580. The monoisotopic (exact) mass is 457 g/mol. The van der Waals surface area contributed by atoms with E-state index in [2.05, 4.69) is 30.9 Å². The van der Waals surface area contributed by atoms with E-state index in [4.69, 9.17) is 4.98 Å². The Morgan fingerprint density at radius 1 is 0.971 bits per heavy atom. The molecule has 0 spiro atoms. The van der Waals surface area contributed by atoms with Crippen LogP contribution in [0.5, 0.6) is 0 Å². The molecule has 3 heterocycles. The summed E-state index contributed by atoms with van der Waals surface area (Å²) in [6.07, 6.45) is 3.04. The van der Waals surface area contributed by atoms with E-state index in [0.29, 0.717) is 27.8 Å². The Morgan fingerprint density at radius 2 is 1.74 bits per heavy atom. The van der Waals surface area contributed by atoms with Crippen LogP contribution in [0.4, 0.5) is 10.1 Å². The largest absolute Gasteiger partial charge is 0.373 e. The normalized spacial score (nSPS) is 11.8. The molecule has 5 rings (SSSR count). The SMILES string of the molecule is Cc1ccc(-n2c(=O)c3ccccc3c3nc4ccc(N(C)CCCN(C)C)cn4c32)cc1F. The van der Waals surface area contributed by atoms with Gasteiger partial charge in [-0.1, -0.05) is 24.3 Å². The summed E-state index contributed by atoms with van der Waals surface area (Å²) in [6, 6.07) is 16.4. The number of benzene rings is 2. The van der Waals surface area contributed by atoms with Crippen molar-refractivity contribution in [3.63, 3.8) is 0 Å². The highest BCUT2D eigenvalue weighted by molar-refractivity contribution is 6.04. The molecule has 0 bridgehead atoms. The van der Waals surface area contributed by atoms with Crippen molar-refractivity contribution in [2.45, 2.75) is 13.3 Å². The van der Waals surface area contributed by atoms with Gasteiger partial charge in [-0.15, -0.1) is 0 Å². The Balaban J connectivity index is 1.78. The molecule has 7 heteroatoms. The van der Waals surface area contributed by atoms with Crippen molar-refractivity contribution in [2.24, 2.45) is 0 Å². The average molecular weight is 458 g/mol. The maximum atomic E-state index is 14.5. The lowest BCUT2D eigenvalue weighted by Crippen LogP contribution is -2.23. The molecule has 0 radical (unpaired) electrons. The summed E-state index contributed by atoms with van der Waals surface area (Å²) in [4.78, 5) is 22.9. The molecule has 0 saturated carbocycles. The molecule has 174 valence electrons. The van der Waals surface area contributed by atoms with E-state index in [-0.39, 0.29) is 11.4 Å². The first-order valence-electron chi connectivity index (χ1n) is 11.4. The Kier molecular flexibility index (Phi) is 5.57. The zero-order valence-electron chi connectivity index (χ0n) is 19.9. The lowest BCUT2D eigenvalue weighted by molar-refractivity contribution is 0.401. The summed E-state index contributed by atoms with van der Waals surface area (Å²) < 4.78 is 18.1. The zero-order valence-corrected chi connectivity index (χ0v) is 19.9. The fourth-order valence-corrected chi connectivity index (χ4v) is 4.45. The van der Waals surface area contributed by atoms with Gasteiger partial charge in [0.05, 0.1) is 11.4 Å². The Labute approximate surface area is 197 Å². The van der Waals surface area contributed by atoms with Crippen LogP contribution in [0.15, 0.2) is 65.6 Å². The van der Waals surface area contributed by atoms with Gasteiger partial charge in [-0.25, -0.2) is 9.37 Å². The van der Waals surface area contributed by atoms with Gasteiger partial charge in [0.2, 0.25) is 0 Å². The van der Waals surface area contributed by atoms with Crippen molar-refractivity contribution in [3.8, 4) is 5.69 Å². The van der Waals surface area contributed by atoms with Gasteiger partial charge < -0.3 is 9.80 Å². The number of halogens is 1. The van der Waals surface area contributed by atoms with E-state index in [9.17, 15) is 9.18 Å². The van der Waals surface area contributed by atoms with Crippen LogP contribution >= 0.6 is 0 Å². The van der Waals surface area contributed by atoms with Crippen LogP contribution in [0.2, 0.25) is 0 Å². The minimum Gasteiger partial charge on any atom is -0.373 e. The summed E-state index contributed by atoms with van der Waals surface area (Å²) in [5.41, 5.74) is 3.92. The summed E-state index contributed by atoms with van der Waals surface area (Å²) >= 11 is 0. The number of hydrogen-bond donors (Lipinski definition) is 0. The third kappa shape index (κ3) is 3.72. The molecule has 0 unspecified atom stereocenters. The van der Waals surface area contributed by atoms with Crippen molar-refractivity contribution < 1.29 is 4.39 Å². The third-order valence-electron chi connectivity index (χ3n) is 6.36. The van der Waals surface area contributed by atoms with E-state index in [0.717, 1.165) is 36.2 Å². The van der Waals surface area contributed by atoms with Crippen molar-refractivity contribution >= 4 is 33.3 Å². The van der Waals surface area contributed by atoms with Crippen LogP contribution in [0.3, 0.4) is 0 Å². The van der Waals surface area contributed by atoms with Crippen LogP contribution in [0.1, 0.15) is 12.0 Å². The maximum Gasteiger partial charge on any atom is 0.264 e. The average Bonchev–Trinajstić information content (AvgIpc) is 3.20. The first-order chi connectivity index (χ1) is 16.3. The summed E-state index contributed by atoms with van der Waals surface area (Å²) in [5, 5.41) is 1.34. The van der Waals surface area contributed by atoms with Gasteiger partial charge in [-0.3, -0.25) is 13.8 Å². The number of imidazole rings is 1. The van der Waals surface area contributed by atoms with E-state index in [1.165, 1.54) is 6.07 Å². The molecule has 0 aliphatic heterocycles. The molecule has 3 aromatic heterocycles. The molecule has 34 heavy (non-hydrogen) atoms. The summed E-state index contributed by atoms with van der Waals surface area (Å²) in [7, 11) is 6.20. The highest BCUT2D eigenvalue weighted by atomic mass is 19.1. The number of fused-ring (bicyclic) bond motifs is 5. The second-order valence-electron chi connectivity index (χ2n) is 9.10. The smallest absolute Gasteiger partial charge is 0.264 e. The molecule has 0 N–H and O–H groups in total. The third-order valence-corrected chi connectivity index (χ3v) is 6.36. The van der Waals surface area contributed by atoms with Crippen molar-refractivity contribution in [1.82, 2.24) is 18.9 Å². The van der Waals surface area contributed by atoms with Gasteiger partial charge in [0.15, 0.2) is 5.65 Å². The van der Waals surface area contributed by atoms with Crippen molar-refractivity contribution in [2.75, 3.05) is 39.1 Å². The second kappa shape index (κ2) is 8.57. The van der Waals surface area contributed by atoms with Crippen molar-refractivity contribution in [3.05, 3.63) is 82.5 Å². The molecular formula is C27H28FN5O. The number of aromatic nitrogens is 3. The van der Waals surface area contributed by atoms with Gasteiger partial charge in [-0.2, -0.15) is 0 Å². The Hall–Kier alpha value is -3.71. The predicted octanol–water partition coefficient (Wildman–Crippen LogP) is 4.63. The van der Waals surface area contributed by atoms with Gasteiger partial charge in [0, 0.05) is 30.6 Å². The van der Waals surface area contributed by atoms with E-state index in [1.54, 1.807) is 29.7 Å². The minimum atomic E-state index is -0.346. The lowest BCUT2D eigenvalue weighted by Gasteiger charge is -2.21. The quantitative estimate of drug-likeness (QED) is 0.373. The van der Waals surface area contributed by atoms with E-state index >= 15 is 0 Å². The molecule has 0 atom stereocenters. The fourth-order valence-electron chi connectivity index (χ4n) is 4.45. The maximum absolute atomic E-state index is 14.5. The van der Waals surface area contributed by atoms with Gasteiger partial charge >= 0.3 is 0 Å². The Morgan fingerprint density at radius 3 is 2.47 bits per heavy atom. The van der Waals surface area contributed by atoms with Gasteiger partial charge in [-0.05, 0) is 69.9 Å². The summed E-state index contributed by atoms with van der Waals surface area (Å²) in [6.45, 7) is 3.62. The number of rotatable bonds is 6. The standard InChI is InChI=1S/C27H28FN5O/c1-18-10-11-19(16-23(18)28)33-26-25(21-8-5-6-9-22(21)27(33)34)29-24-13-12-20(17-32(24)26)31(4)15-7-14-30(2)3/h5-6,8-13,16-17H,7,14-15H2,1-4H3. The minimum absolute atomic E-state index is 0.196. The van der Waals surface area contributed by atoms with Crippen LogP contribution < -0.4 is 10.5 Å². The highest BCUT2D eigenvalue weighted by Crippen LogP contribution is 2.28. The van der Waals surface area contributed by atoms with Gasteiger partial charge in [0.1, 0.15) is 17.0 Å². The molecular weight excluding hydrogens is 429 g/mol. The van der Waals surface area contributed by atoms with E-state index < -0.39 is 0 Å². The fraction of sp³-hybridized carbons (Fsp3) is 0.259. The van der Waals surface area contributed by atoms with Crippen LogP contribution in [-0.4, -0.2) is 53.1 Å². The molecule has 0 fully saturated rings. The van der Waals surface area contributed by atoms with E-state index in [1.807, 2.05) is 40.9 Å². The van der Waals surface area contributed by atoms with Crippen LogP contribution in [0.25, 0.3) is 33.3 Å². The molecule has 0 amide bonds. The molecule has 5 aromatic rings. The number of nitrogens with zero attached hydrogens (tertiary/aromatic N) is 5. The van der Waals surface area contributed by atoms with Crippen molar-refractivity contribution in [1.29, 1.82) is 0 Å².